The van der Waals surface area contributed by atoms with Crippen molar-refractivity contribution in [3.8, 4) is 10.4 Å². The molecule has 2 N–H and O–H groups in total. The summed E-state index contributed by atoms with van der Waals surface area (Å²) in [5, 5.41) is 3.46. The molecule has 0 spiro atoms. The number of carbonyl (C=O) groups excluding carboxylic acids is 1. The maximum Gasteiger partial charge on any atom is 0.263 e. The van der Waals surface area contributed by atoms with Gasteiger partial charge in [0.2, 0.25) is 5.91 Å². The molecule has 1 fully saturated rings. The molecule has 0 atom stereocenters. The lowest BCUT2D eigenvalue weighted by molar-refractivity contribution is -0.119. The van der Waals surface area contributed by atoms with E-state index in [1.807, 2.05) is 13.0 Å². The summed E-state index contributed by atoms with van der Waals surface area (Å²) in [5.74, 6) is 0.265. The first-order valence-electron chi connectivity index (χ1n) is 10.0. The molecule has 3 aromatic rings. The molecule has 31 heavy (non-hydrogen) atoms. The molecule has 1 aromatic carbocycles. The molecule has 0 saturated heterocycles. The minimum Gasteiger partial charge on any atom is -0.302 e. The van der Waals surface area contributed by atoms with E-state index in [1.165, 1.54) is 29.9 Å². The number of hydrogen-bond donors (Lipinski definition) is 2. The second-order valence-corrected chi connectivity index (χ2v) is 10.2. The van der Waals surface area contributed by atoms with Gasteiger partial charge in [0, 0.05) is 12.1 Å². The first-order valence-corrected chi connectivity index (χ1v) is 12.3. The fourth-order valence-electron chi connectivity index (χ4n) is 3.69. The average Bonchev–Trinajstić information content (AvgIpc) is 3.39. The maximum atomic E-state index is 12.9. The number of sulfonamides is 1. The van der Waals surface area contributed by atoms with Crippen LogP contribution in [0.1, 0.15) is 36.9 Å². The Hall–Kier alpha value is -2.85. The Kier molecular flexibility index (Phi) is 6.01. The summed E-state index contributed by atoms with van der Waals surface area (Å²) < 4.78 is 28.4. The van der Waals surface area contributed by atoms with Gasteiger partial charge in [-0.1, -0.05) is 36.3 Å². The normalized spacial score (nSPS) is 14.5. The van der Waals surface area contributed by atoms with Gasteiger partial charge in [-0.25, -0.2) is 23.4 Å². The Morgan fingerprint density at radius 3 is 2.65 bits per heavy atom. The molecule has 0 aliphatic heterocycles. The van der Waals surface area contributed by atoms with Gasteiger partial charge in [0.25, 0.3) is 10.0 Å². The van der Waals surface area contributed by atoms with Crippen molar-refractivity contribution in [1.29, 1.82) is 0 Å². The highest BCUT2D eigenvalue weighted by atomic mass is 32.2. The van der Waals surface area contributed by atoms with Gasteiger partial charge in [-0.3, -0.25) is 9.52 Å². The van der Waals surface area contributed by atoms with Gasteiger partial charge in [-0.15, -0.1) is 0 Å². The minimum absolute atomic E-state index is 0.0130. The lowest BCUT2D eigenvalue weighted by Crippen LogP contribution is -2.20. The zero-order valence-corrected chi connectivity index (χ0v) is 18.9. The number of nitrogens with zero attached hydrogens (tertiary/aromatic N) is 3. The molecule has 0 bridgehead atoms. The van der Waals surface area contributed by atoms with Gasteiger partial charge >= 0.3 is 0 Å². The Labute approximate surface area is 185 Å². The highest BCUT2D eigenvalue weighted by Crippen LogP contribution is 2.35. The number of amides is 1. The molecule has 1 amide bonds. The Morgan fingerprint density at radius 2 is 1.94 bits per heavy atom. The first kappa shape index (κ1) is 21.4. The van der Waals surface area contributed by atoms with Crippen LogP contribution in [0.15, 0.2) is 41.7 Å². The third-order valence-corrected chi connectivity index (χ3v) is 7.93. The molecular formula is C21H23N5O3S2. The van der Waals surface area contributed by atoms with Crippen molar-refractivity contribution in [2.45, 2.75) is 44.4 Å². The van der Waals surface area contributed by atoms with Crippen LogP contribution < -0.4 is 10.0 Å². The number of aromatic nitrogens is 3. The SMILES string of the molecule is Cc1ccc(-c2sc(NC(=O)C3CCCC3)nc2C)cc1S(=O)(=O)Nc1ccncn1. The molecule has 1 aliphatic rings. The van der Waals surface area contributed by atoms with E-state index in [0.29, 0.717) is 10.7 Å². The van der Waals surface area contributed by atoms with Crippen molar-refractivity contribution >= 4 is 38.2 Å². The zero-order chi connectivity index (χ0) is 22.0. The van der Waals surface area contributed by atoms with Crippen LogP contribution in [0.4, 0.5) is 10.9 Å². The molecule has 8 nitrogen and oxygen atoms in total. The summed E-state index contributed by atoms with van der Waals surface area (Å²) in [6, 6.07) is 6.74. The van der Waals surface area contributed by atoms with E-state index in [1.54, 1.807) is 19.1 Å². The van der Waals surface area contributed by atoms with Crippen molar-refractivity contribution in [2.24, 2.45) is 5.92 Å². The Balaban J connectivity index is 1.61. The van der Waals surface area contributed by atoms with Crippen LogP contribution in [0.5, 0.6) is 0 Å². The van der Waals surface area contributed by atoms with E-state index in [9.17, 15) is 13.2 Å². The topological polar surface area (TPSA) is 114 Å². The van der Waals surface area contributed by atoms with Crippen LogP contribution in [0, 0.1) is 19.8 Å². The molecule has 1 aliphatic carbocycles. The minimum atomic E-state index is -3.84. The van der Waals surface area contributed by atoms with Gasteiger partial charge in [-0.2, -0.15) is 0 Å². The number of benzene rings is 1. The standard InChI is InChI=1S/C21H23N5O3S2/c1-13-7-8-16(11-17(13)31(28,29)26-18-9-10-22-12-23-18)19-14(2)24-21(30-19)25-20(27)15-5-3-4-6-15/h7-12,15H,3-6H2,1-2H3,(H,22,23,26)(H,24,25,27). The number of anilines is 2. The van der Waals surface area contributed by atoms with Gasteiger partial charge in [-0.05, 0) is 49.9 Å². The van der Waals surface area contributed by atoms with Gasteiger partial charge < -0.3 is 5.32 Å². The van der Waals surface area contributed by atoms with Gasteiger partial charge in [0.1, 0.15) is 12.1 Å². The van der Waals surface area contributed by atoms with Crippen LogP contribution in [-0.4, -0.2) is 29.3 Å². The van der Waals surface area contributed by atoms with E-state index in [0.717, 1.165) is 41.8 Å². The molecule has 0 unspecified atom stereocenters. The third kappa shape index (κ3) is 4.75. The van der Waals surface area contributed by atoms with E-state index >= 15 is 0 Å². The van der Waals surface area contributed by atoms with E-state index in [4.69, 9.17) is 0 Å². The quantitative estimate of drug-likeness (QED) is 0.575. The number of rotatable bonds is 6. The van der Waals surface area contributed by atoms with E-state index < -0.39 is 10.0 Å². The highest BCUT2D eigenvalue weighted by Gasteiger charge is 2.24. The molecule has 2 aromatic heterocycles. The molecule has 2 heterocycles. The Bertz CT molecular complexity index is 1200. The largest absolute Gasteiger partial charge is 0.302 e. The van der Waals surface area contributed by atoms with E-state index in [2.05, 4.69) is 25.0 Å². The third-order valence-electron chi connectivity index (χ3n) is 5.31. The highest BCUT2D eigenvalue weighted by molar-refractivity contribution is 7.92. The summed E-state index contributed by atoms with van der Waals surface area (Å²) in [6.07, 6.45) is 6.76. The summed E-state index contributed by atoms with van der Waals surface area (Å²) in [5.41, 5.74) is 2.08. The van der Waals surface area contributed by atoms with Crippen molar-refractivity contribution < 1.29 is 13.2 Å². The molecule has 4 rings (SSSR count). The number of thiazole rings is 1. The number of nitrogens with one attached hydrogen (secondary N) is 2. The second-order valence-electron chi connectivity index (χ2n) is 7.58. The molecule has 0 radical (unpaired) electrons. The molecule has 1 saturated carbocycles. The van der Waals surface area contributed by atoms with Crippen molar-refractivity contribution in [1.82, 2.24) is 15.0 Å². The fourth-order valence-corrected chi connectivity index (χ4v) is 5.93. The monoisotopic (exact) mass is 457 g/mol. The lowest BCUT2D eigenvalue weighted by Gasteiger charge is -2.11. The van der Waals surface area contributed by atoms with Crippen LogP contribution in [0.3, 0.4) is 0 Å². The summed E-state index contributed by atoms with van der Waals surface area (Å²) >= 11 is 1.35. The number of hydrogen-bond acceptors (Lipinski definition) is 7. The zero-order valence-electron chi connectivity index (χ0n) is 17.3. The smallest absolute Gasteiger partial charge is 0.263 e. The summed E-state index contributed by atoms with van der Waals surface area (Å²) in [6.45, 7) is 3.59. The fraction of sp³-hybridized carbons (Fsp3) is 0.333. The maximum absolute atomic E-state index is 12.9. The molecular weight excluding hydrogens is 434 g/mol. The van der Waals surface area contributed by atoms with Crippen LogP contribution in [-0.2, 0) is 14.8 Å². The van der Waals surface area contributed by atoms with Crippen LogP contribution in [0.2, 0.25) is 0 Å². The van der Waals surface area contributed by atoms with Crippen LogP contribution in [0.25, 0.3) is 10.4 Å². The number of carbonyl (C=O) groups is 1. The van der Waals surface area contributed by atoms with Crippen LogP contribution >= 0.6 is 11.3 Å². The number of aryl methyl sites for hydroxylation is 2. The lowest BCUT2D eigenvalue weighted by atomic mass is 10.1. The van der Waals surface area contributed by atoms with Crippen molar-refractivity contribution in [3.63, 3.8) is 0 Å². The van der Waals surface area contributed by atoms with E-state index in [-0.39, 0.29) is 22.5 Å². The average molecular weight is 458 g/mol. The first-order chi connectivity index (χ1) is 14.8. The summed E-state index contributed by atoms with van der Waals surface area (Å²) in [7, 11) is -3.84. The van der Waals surface area contributed by atoms with Crippen molar-refractivity contribution in [2.75, 3.05) is 10.0 Å². The summed E-state index contributed by atoms with van der Waals surface area (Å²) in [4.78, 5) is 25.6. The Morgan fingerprint density at radius 1 is 1.16 bits per heavy atom. The molecule has 10 heteroatoms. The predicted octanol–water partition coefficient (Wildman–Crippen LogP) is 4.15. The molecule has 162 valence electrons. The second kappa shape index (κ2) is 8.72. The van der Waals surface area contributed by atoms with Gasteiger partial charge in [0.05, 0.1) is 15.5 Å². The van der Waals surface area contributed by atoms with Gasteiger partial charge in [0.15, 0.2) is 5.13 Å². The predicted molar refractivity (Wildman–Crippen MR) is 120 cm³/mol. The van der Waals surface area contributed by atoms with Crippen molar-refractivity contribution in [3.05, 3.63) is 48.0 Å².